The Balaban J connectivity index is 1.33. The molecule has 0 aromatic heterocycles. The summed E-state index contributed by atoms with van der Waals surface area (Å²) < 4.78 is 19.1. The van der Waals surface area contributed by atoms with Gasteiger partial charge in [0.25, 0.3) is 5.91 Å². The molecule has 0 spiro atoms. The summed E-state index contributed by atoms with van der Waals surface area (Å²) in [7, 11) is 1.62. The molecule has 0 bridgehead atoms. The first-order valence-electron chi connectivity index (χ1n) is 11.8. The molecule has 0 aliphatic carbocycles. The molecule has 2 atom stereocenters. The first-order chi connectivity index (χ1) is 17.9. The van der Waals surface area contributed by atoms with Crippen LogP contribution in [0.1, 0.15) is 35.6 Å². The molecule has 0 fully saturated rings. The monoisotopic (exact) mass is 516 g/mol. The lowest BCUT2D eigenvalue weighted by molar-refractivity contribution is -0.121. The molecule has 7 nitrogen and oxygen atoms in total. The fraction of sp³-hybridized carbons (Fsp3) is 0.214. The summed E-state index contributed by atoms with van der Waals surface area (Å²) in [6.07, 6.45) is 0.555. The number of hydrogen-bond donors (Lipinski definition) is 1. The third-order valence-electron chi connectivity index (χ3n) is 6.27. The maximum absolute atomic E-state index is 13.8. The third-order valence-corrected chi connectivity index (χ3v) is 7.41. The van der Waals surface area contributed by atoms with E-state index in [1.54, 1.807) is 31.2 Å². The van der Waals surface area contributed by atoms with Crippen molar-refractivity contribution in [3.63, 3.8) is 0 Å². The number of methoxy groups -OCH3 is 1. The molecule has 2 amide bonds. The number of aryl methyl sites for hydroxylation is 1. The van der Waals surface area contributed by atoms with E-state index in [1.807, 2.05) is 54.6 Å². The molecule has 2 aliphatic heterocycles. The predicted octanol–water partition coefficient (Wildman–Crippen LogP) is 5.32. The summed E-state index contributed by atoms with van der Waals surface area (Å²) in [6, 6.07) is 22.0. The second-order valence-corrected chi connectivity index (χ2v) is 9.98. The number of carbonyl (C=O) groups excluding carboxylic acids is 2. The number of thioether (sulfide) groups is 1. The zero-order valence-corrected chi connectivity index (χ0v) is 21.2. The minimum Gasteiger partial charge on any atom is -0.497 e. The van der Waals surface area contributed by atoms with Crippen LogP contribution in [0.25, 0.3) is 0 Å². The molecule has 3 aromatic carbocycles. The Kier molecular flexibility index (Phi) is 7.05. The van der Waals surface area contributed by atoms with Gasteiger partial charge in [-0.3, -0.25) is 9.59 Å². The summed E-state index contributed by atoms with van der Waals surface area (Å²) in [5, 5.41) is 9.08. The van der Waals surface area contributed by atoms with Crippen LogP contribution < -0.4 is 10.1 Å². The molecular formula is C28H25FN4O3S. The Labute approximate surface area is 218 Å². The molecule has 0 saturated carbocycles. The molecule has 37 heavy (non-hydrogen) atoms. The van der Waals surface area contributed by atoms with E-state index < -0.39 is 11.1 Å². The van der Waals surface area contributed by atoms with Crippen molar-refractivity contribution in [2.45, 2.75) is 31.1 Å². The van der Waals surface area contributed by atoms with Gasteiger partial charge in [-0.15, -0.1) is 0 Å². The fourth-order valence-electron chi connectivity index (χ4n) is 4.23. The second kappa shape index (κ2) is 10.6. The highest BCUT2D eigenvalue weighted by molar-refractivity contribution is 8.15. The molecular weight excluding hydrogens is 491 g/mol. The maximum atomic E-state index is 13.8. The molecule has 2 aliphatic rings. The van der Waals surface area contributed by atoms with Crippen molar-refractivity contribution >= 4 is 40.1 Å². The van der Waals surface area contributed by atoms with E-state index >= 15 is 0 Å². The molecule has 188 valence electrons. The zero-order valence-electron chi connectivity index (χ0n) is 20.3. The summed E-state index contributed by atoms with van der Waals surface area (Å²) >= 11 is 1.23. The van der Waals surface area contributed by atoms with Crippen LogP contribution in [0.3, 0.4) is 0 Å². The van der Waals surface area contributed by atoms with Gasteiger partial charge in [0.15, 0.2) is 5.17 Å². The van der Waals surface area contributed by atoms with Gasteiger partial charge >= 0.3 is 0 Å². The van der Waals surface area contributed by atoms with E-state index in [2.05, 4.69) is 10.3 Å². The van der Waals surface area contributed by atoms with Gasteiger partial charge in [0.2, 0.25) is 5.91 Å². The van der Waals surface area contributed by atoms with Gasteiger partial charge in [-0.05, 0) is 60.0 Å². The Morgan fingerprint density at radius 1 is 1.14 bits per heavy atom. The van der Waals surface area contributed by atoms with Crippen molar-refractivity contribution < 1.29 is 18.7 Å². The number of ether oxygens (including phenoxy) is 1. The molecule has 0 saturated heterocycles. The average Bonchev–Trinajstić information content (AvgIpc) is 3.51. The summed E-state index contributed by atoms with van der Waals surface area (Å²) in [5.74, 6) is -0.407. The van der Waals surface area contributed by atoms with Crippen molar-refractivity contribution in [2.75, 3.05) is 12.4 Å². The Morgan fingerprint density at radius 3 is 2.59 bits per heavy atom. The lowest BCUT2D eigenvalue weighted by Gasteiger charge is -2.23. The minimum atomic E-state index is -0.679. The van der Waals surface area contributed by atoms with Crippen LogP contribution in [0.15, 0.2) is 82.9 Å². The van der Waals surface area contributed by atoms with Gasteiger partial charge in [0.05, 0.1) is 18.9 Å². The quantitative estimate of drug-likeness (QED) is 0.480. The van der Waals surface area contributed by atoms with Crippen molar-refractivity contribution in [2.24, 2.45) is 10.1 Å². The van der Waals surface area contributed by atoms with Gasteiger partial charge in [0, 0.05) is 18.5 Å². The van der Waals surface area contributed by atoms with Crippen LogP contribution in [0.2, 0.25) is 0 Å². The van der Waals surface area contributed by atoms with Gasteiger partial charge in [-0.1, -0.05) is 48.2 Å². The smallest absolute Gasteiger partial charge is 0.262 e. The number of anilines is 1. The predicted molar refractivity (Wildman–Crippen MR) is 143 cm³/mol. The Morgan fingerprint density at radius 2 is 1.89 bits per heavy atom. The molecule has 2 heterocycles. The van der Waals surface area contributed by atoms with Crippen LogP contribution in [-0.4, -0.2) is 40.1 Å². The van der Waals surface area contributed by atoms with E-state index in [9.17, 15) is 14.0 Å². The standard InChI is InChI=1S/C28H25FN4O3S/c1-17-8-11-20(14-22(17)29)30-26(34)16-25-27(35)31-28(37-25)33-24(19-6-4-3-5-7-19)15-23(32-33)18-9-12-21(36-2)13-10-18/h3-14,24-25H,15-16H2,1-2H3,(H,30,34). The summed E-state index contributed by atoms with van der Waals surface area (Å²) in [5.41, 5.74) is 3.72. The zero-order chi connectivity index (χ0) is 25.9. The van der Waals surface area contributed by atoms with Crippen molar-refractivity contribution in [1.82, 2.24) is 5.01 Å². The van der Waals surface area contributed by atoms with E-state index in [0.29, 0.717) is 22.8 Å². The number of amidine groups is 1. The minimum absolute atomic E-state index is 0.0785. The lowest BCUT2D eigenvalue weighted by Crippen LogP contribution is -2.25. The number of carbonyl (C=O) groups is 2. The van der Waals surface area contributed by atoms with Crippen LogP contribution in [0.5, 0.6) is 5.75 Å². The largest absolute Gasteiger partial charge is 0.497 e. The molecule has 0 radical (unpaired) electrons. The molecule has 3 aromatic rings. The number of benzene rings is 3. The van der Waals surface area contributed by atoms with Crippen molar-refractivity contribution in [3.05, 3.63) is 95.3 Å². The number of aliphatic imine (C=N–C) groups is 1. The number of rotatable bonds is 6. The normalized spacial score (nSPS) is 19.0. The summed E-state index contributed by atoms with van der Waals surface area (Å²) in [4.78, 5) is 29.6. The maximum Gasteiger partial charge on any atom is 0.262 e. The molecule has 2 unspecified atom stereocenters. The molecule has 9 heteroatoms. The number of halogens is 1. The van der Waals surface area contributed by atoms with Crippen molar-refractivity contribution in [1.29, 1.82) is 0 Å². The first-order valence-corrected chi connectivity index (χ1v) is 12.7. The van der Waals surface area contributed by atoms with E-state index in [0.717, 1.165) is 22.6 Å². The van der Waals surface area contributed by atoms with E-state index in [-0.39, 0.29) is 24.3 Å². The Hall–Kier alpha value is -3.98. The average molecular weight is 517 g/mol. The highest BCUT2D eigenvalue weighted by atomic mass is 32.2. The third kappa shape index (κ3) is 5.41. The van der Waals surface area contributed by atoms with E-state index in [1.165, 1.54) is 17.8 Å². The lowest BCUT2D eigenvalue weighted by atomic mass is 9.98. The van der Waals surface area contributed by atoms with Crippen LogP contribution in [0, 0.1) is 12.7 Å². The fourth-order valence-corrected chi connectivity index (χ4v) is 5.30. The number of hydrogen-bond acceptors (Lipinski definition) is 6. The second-order valence-electron chi connectivity index (χ2n) is 8.81. The number of nitrogens with one attached hydrogen (secondary N) is 1. The number of hydrazone groups is 1. The van der Waals surface area contributed by atoms with Gasteiger partial charge in [0.1, 0.15) is 16.8 Å². The van der Waals surface area contributed by atoms with Crippen LogP contribution in [-0.2, 0) is 9.59 Å². The first kappa shape index (κ1) is 24.7. The van der Waals surface area contributed by atoms with Crippen LogP contribution >= 0.6 is 11.8 Å². The van der Waals surface area contributed by atoms with Gasteiger partial charge in [-0.25, -0.2) is 9.40 Å². The highest BCUT2D eigenvalue weighted by Crippen LogP contribution is 2.38. The SMILES string of the molecule is COc1ccc(C2=NN(C3=NC(=O)C(CC(=O)Nc4ccc(C)c(F)c4)S3)C(c3ccccc3)C2)cc1. The Bertz CT molecular complexity index is 1390. The molecule has 5 rings (SSSR count). The number of amides is 2. The van der Waals surface area contributed by atoms with Crippen molar-refractivity contribution in [3.8, 4) is 5.75 Å². The topological polar surface area (TPSA) is 83.4 Å². The van der Waals surface area contributed by atoms with Gasteiger partial charge < -0.3 is 10.1 Å². The number of nitrogens with zero attached hydrogens (tertiary/aromatic N) is 3. The highest BCUT2D eigenvalue weighted by Gasteiger charge is 2.39. The van der Waals surface area contributed by atoms with E-state index in [4.69, 9.17) is 9.84 Å². The van der Waals surface area contributed by atoms with Gasteiger partial charge in [-0.2, -0.15) is 10.1 Å². The summed E-state index contributed by atoms with van der Waals surface area (Å²) in [6.45, 7) is 1.65. The molecule has 1 N–H and O–H groups in total. The van der Waals surface area contributed by atoms with Crippen LogP contribution in [0.4, 0.5) is 10.1 Å².